The lowest BCUT2D eigenvalue weighted by Gasteiger charge is -2.34. The quantitative estimate of drug-likeness (QED) is 0.636. The molecule has 0 aliphatic carbocycles. The molecule has 0 radical (unpaired) electrons. The summed E-state index contributed by atoms with van der Waals surface area (Å²) in [6.45, 7) is 4.74. The maximum atomic E-state index is 12.0. The number of urea groups is 1. The maximum Gasteiger partial charge on any atom is 0.317 e. The minimum absolute atomic E-state index is 0.135. The molecule has 1 heterocycles. The summed E-state index contributed by atoms with van der Waals surface area (Å²) in [7, 11) is -3.16. The van der Waals surface area contributed by atoms with Gasteiger partial charge in [0.25, 0.3) is 0 Å². The zero-order chi connectivity index (χ0) is 15.0. The van der Waals surface area contributed by atoms with E-state index in [1.165, 1.54) is 4.31 Å². The van der Waals surface area contributed by atoms with Crippen LogP contribution in [0.2, 0.25) is 0 Å². The first-order valence-corrected chi connectivity index (χ1v) is 8.83. The van der Waals surface area contributed by atoms with Crippen LogP contribution < -0.4 is 11.1 Å². The predicted molar refractivity (Wildman–Crippen MR) is 78.9 cm³/mol. The number of nitrogens with one attached hydrogen (secondary N) is 1. The van der Waals surface area contributed by atoms with Crippen molar-refractivity contribution < 1.29 is 13.2 Å². The number of nitrogens with zero attached hydrogens (tertiary/aromatic N) is 2. The van der Waals surface area contributed by atoms with E-state index in [4.69, 9.17) is 5.73 Å². The van der Waals surface area contributed by atoms with E-state index >= 15 is 0 Å². The molecule has 0 aromatic carbocycles. The van der Waals surface area contributed by atoms with Gasteiger partial charge in [0.05, 0.1) is 5.75 Å². The average Bonchev–Trinajstić information content (AvgIpc) is 2.45. The standard InChI is InChI=1S/C12H26N4O3S/c1-2-3-11-20(18,19)16-9-7-15(8-10-16)12(17)14-6-4-5-13/h2-11,13H2,1H3,(H,14,17). The monoisotopic (exact) mass is 306 g/mol. The Bertz CT molecular complexity index is 392. The van der Waals surface area contributed by atoms with Gasteiger partial charge >= 0.3 is 6.03 Å². The highest BCUT2D eigenvalue weighted by Gasteiger charge is 2.28. The number of hydrogen-bond donors (Lipinski definition) is 2. The minimum Gasteiger partial charge on any atom is -0.338 e. The molecule has 2 amide bonds. The third kappa shape index (κ3) is 5.26. The van der Waals surface area contributed by atoms with Crippen molar-refractivity contribution in [3.8, 4) is 0 Å². The number of carbonyl (C=O) groups is 1. The largest absolute Gasteiger partial charge is 0.338 e. The fourth-order valence-electron chi connectivity index (χ4n) is 2.03. The Balaban J connectivity index is 2.37. The summed E-state index contributed by atoms with van der Waals surface area (Å²) >= 11 is 0. The van der Waals surface area contributed by atoms with Gasteiger partial charge < -0.3 is 16.0 Å². The van der Waals surface area contributed by atoms with Crippen LogP contribution in [0.3, 0.4) is 0 Å². The molecule has 1 saturated heterocycles. The average molecular weight is 306 g/mol. The highest BCUT2D eigenvalue weighted by atomic mass is 32.2. The molecule has 8 heteroatoms. The summed E-state index contributed by atoms with van der Waals surface area (Å²) < 4.78 is 25.5. The lowest BCUT2D eigenvalue weighted by Crippen LogP contribution is -2.53. The highest BCUT2D eigenvalue weighted by Crippen LogP contribution is 2.10. The van der Waals surface area contributed by atoms with Crippen LogP contribution in [0.15, 0.2) is 0 Å². The van der Waals surface area contributed by atoms with Crippen LogP contribution in [-0.4, -0.2) is 68.7 Å². The molecule has 7 nitrogen and oxygen atoms in total. The van der Waals surface area contributed by atoms with Crippen molar-refractivity contribution in [3.05, 3.63) is 0 Å². The molecule has 1 rings (SSSR count). The minimum atomic E-state index is -3.16. The number of nitrogens with two attached hydrogens (primary N) is 1. The fraction of sp³-hybridized carbons (Fsp3) is 0.917. The normalized spacial score (nSPS) is 17.2. The molecule has 0 bridgehead atoms. The summed E-state index contributed by atoms with van der Waals surface area (Å²) in [5.41, 5.74) is 5.36. The Morgan fingerprint density at radius 1 is 1.20 bits per heavy atom. The van der Waals surface area contributed by atoms with Gasteiger partial charge in [0, 0.05) is 32.7 Å². The Morgan fingerprint density at radius 2 is 1.85 bits per heavy atom. The molecule has 3 N–H and O–H groups in total. The van der Waals surface area contributed by atoms with Gasteiger partial charge in [0.1, 0.15) is 0 Å². The van der Waals surface area contributed by atoms with Crippen LogP contribution in [0.1, 0.15) is 26.2 Å². The zero-order valence-corrected chi connectivity index (χ0v) is 13.0. The Labute approximate surface area is 121 Å². The second kappa shape index (κ2) is 8.43. The molecule has 0 unspecified atom stereocenters. The van der Waals surface area contributed by atoms with Gasteiger partial charge in [-0.15, -0.1) is 0 Å². The Morgan fingerprint density at radius 3 is 2.40 bits per heavy atom. The lowest BCUT2D eigenvalue weighted by molar-refractivity contribution is 0.172. The van der Waals surface area contributed by atoms with Gasteiger partial charge in [-0.1, -0.05) is 13.3 Å². The van der Waals surface area contributed by atoms with Crippen LogP contribution in [0, 0.1) is 0 Å². The maximum absolute atomic E-state index is 12.0. The fourth-order valence-corrected chi connectivity index (χ4v) is 3.67. The summed E-state index contributed by atoms with van der Waals surface area (Å²) in [6, 6.07) is -0.135. The van der Waals surface area contributed by atoms with Crippen molar-refractivity contribution in [2.45, 2.75) is 26.2 Å². The Kier molecular flexibility index (Phi) is 7.25. The second-order valence-corrected chi connectivity index (χ2v) is 7.02. The summed E-state index contributed by atoms with van der Waals surface area (Å²) in [6.07, 6.45) is 2.29. The van der Waals surface area contributed by atoms with E-state index in [1.54, 1.807) is 4.90 Å². The first-order valence-electron chi connectivity index (χ1n) is 7.22. The molecule has 1 fully saturated rings. The van der Waals surface area contributed by atoms with Crippen molar-refractivity contribution in [1.82, 2.24) is 14.5 Å². The van der Waals surface area contributed by atoms with E-state index in [-0.39, 0.29) is 11.8 Å². The third-order valence-corrected chi connectivity index (χ3v) is 5.29. The SMILES string of the molecule is CCCCS(=O)(=O)N1CCN(C(=O)NCCCN)CC1. The van der Waals surface area contributed by atoms with Crippen molar-refractivity contribution in [2.75, 3.05) is 45.0 Å². The van der Waals surface area contributed by atoms with Gasteiger partial charge in [-0.05, 0) is 19.4 Å². The number of carbonyl (C=O) groups excluding carboxylic acids is 1. The van der Waals surface area contributed by atoms with Crippen LogP contribution in [0.4, 0.5) is 4.79 Å². The lowest BCUT2D eigenvalue weighted by atomic mass is 10.4. The molecular weight excluding hydrogens is 280 g/mol. The van der Waals surface area contributed by atoms with E-state index in [2.05, 4.69) is 5.32 Å². The second-order valence-electron chi connectivity index (χ2n) is 4.93. The molecule has 118 valence electrons. The van der Waals surface area contributed by atoms with Crippen molar-refractivity contribution in [1.29, 1.82) is 0 Å². The number of sulfonamides is 1. The molecular formula is C12H26N4O3S. The van der Waals surface area contributed by atoms with Crippen LogP contribution in [-0.2, 0) is 10.0 Å². The van der Waals surface area contributed by atoms with Crippen LogP contribution in [0.5, 0.6) is 0 Å². The van der Waals surface area contributed by atoms with E-state index in [9.17, 15) is 13.2 Å². The molecule has 20 heavy (non-hydrogen) atoms. The molecule has 0 saturated carbocycles. The van der Waals surface area contributed by atoms with E-state index in [0.29, 0.717) is 45.7 Å². The number of amides is 2. The molecule has 0 spiro atoms. The number of rotatable bonds is 7. The van der Waals surface area contributed by atoms with Gasteiger partial charge in [-0.2, -0.15) is 4.31 Å². The molecule has 0 aromatic heterocycles. The molecule has 0 aromatic rings. The molecule has 0 atom stereocenters. The number of hydrogen-bond acceptors (Lipinski definition) is 4. The van der Waals surface area contributed by atoms with E-state index in [1.807, 2.05) is 6.92 Å². The van der Waals surface area contributed by atoms with E-state index < -0.39 is 10.0 Å². The zero-order valence-electron chi connectivity index (χ0n) is 12.2. The van der Waals surface area contributed by atoms with Gasteiger partial charge in [-0.3, -0.25) is 0 Å². The van der Waals surface area contributed by atoms with Crippen molar-refractivity contribution >= 4 is 16.1 Å². The van der Waals surface area contributed by atoms with Crippen LogP contribution >= 0.6 is 0 Å². The highest BCUT2D eigenvalue weighted by molar-refractivity contribution is 7.89. The summed E-state index contributed by atoms with van der Waals surface area (Å²) in [5.74, 6) is 0.201. The third-order valence-electron chi connectivity index (χ3n) is 3.33. The summed E-state index contributed by atoms with van der Waals surface area (Å²) in [5, 5.41) is 2.78. The van der Waals surface area contributed by atoms with Crippen molar-refractivity contribution in [3.63, 3.8) is 0 Å². The first kappa shape index (κ1) is 17.2. The number of piperazine rings is 1. The smallest absolute Gasteiger partial charge is 0.317 e. The summed E-state index contributed by atoms with van der Waals surface area (Å²) in [4.78, 5) is 13.5. The van der Waals surface area contributed by atoms with Gasteiger partial charge in [0.15, 0.2) is 0 Å². The topological polar surface area (TPSA) is 95.7 Å². The van der Waals surface area contributed by atoms with E-state index in [0.717, 1.165) is 12.8 Å². The van der Waals surface area contributed by atoms with Crippen LogP contribution in [0.25, 0.3) is 0 Å². The molecule has 1 aliphatic heterocycles. The first-order chi connectivity index (χ1) is 9.51. The van der Waals surface area contributed by atoms with Gasteiger partial charge in [-0.25, -0.2) is 13.2 Å². The molecule has 1 aliphatic rings. The Hall–Kier alpha value is -0.860. The number of unbranched alkanes of at least 4 members (excludes halogenated alkanes) is 1. The van der Waals surface area contributed by atoms with Gasteiger partial charge in [0.2, 0.25) is 10.0 Å². The predicted octanol–water partition coefficient (Wildman–Crippen LogP) is -0.208. The van der Waals surface area contributed by atoms with Crippen molar-refractivity contribution in [2.24, 2.45) is 5.73 Å².